The fourth-order valence-electron chi connectivity index (χ4n) is 2.54. The van der Waals surface area contributed by atoms with E-state index in [0.717, 1.165) is 11.5 Å². The SMILES string of the molecule is CC1(C)CN(c2ccccn2)c2cc(S(C)(=O)=O)ccc2O1. The van der Waals surface area contributed by atoms with Crippen LogP contribution in [0, 0.1) is 0 Å². The molecule has 22 heavy (non-hydrogen) atoms. The summed E-state index contributed by atoms with van der Waals surface area (Å²) in [4.78, 5) is 6.65. The summed E-state index contributed by atoms with van der Waals surface area (Å²) in [5.41, 5.74) is 0.331. The molecule has 0 N–H and O–H groups in total. The number of anilines is 2. The van der Waals surface area contributed by atoms with E-state index in [0.29, 0.717) is 12.3 Å². The van der Waals surface area contributed by atoms with Crippen LogP contribution in [0.4, 0.5) is 11.5 Å². The molecule has 0 bridgehead atoms. The van der Waals surface area contributed by atoms with Crippen LogP contribution in [0.3, 0.4) is 0 Å². The Labute approximate surface area is 130 Å². The Morgan fingerprint density at radius 1 is 1.23 bits per heavy atom. The number of rotatable bonds is 2. The number of hydrogen-bond acceptors (Lipinski definition) is 5. The molecule has 6 heteroatoms. The van der Waals surface area contributed by atoms with Gasteiger partial charge in [-0.1, -0.05) is 6.07 Å². The number of benzene rings is 1. The second-order valence-corrected chi connectivity index (χ2v) is 8.05. The van der Waals surface area contributed by atoms with Crippen LogP contribution in [-0.4, -0.2) is 31.8 Å². The first-order chi connectivity index (χ1) is 10.3. The average molecular weight is 318 g/mol. The van der Waals surface area contributed by atoms with Crippen molar-refractivity contribution in [2.45, 2.75) is 24.3 Å². The number of sulfone groups is 1. The monoisotopic (exact) mass is 318 g/mol. The zero-order chi connectivity index (χ0) is 16.0. The summed E-state index contributed by atoms with van der Waals surface area (Å²) in [5, 5.41) is 0. The first-order valence-corrected chi connectivity index (χ1v) is 8.87. The smallest absolute Gasteiger partial charge is 0.175 e. The van der Waals surface area contributed by atoms with Crippen LogP contribution < -0.4 is 9.64 Å². The number of nitrogens with zero attached hydrogens (tertiary/aromatic N) is 2. The second-order valence-electron chi connectivity index (χ2n) is 6.04. The van der Waals surface area contributed by atoms with Gasteiger partial charge in [-0.2, -0.15) is 0 Å². The van der Waals surface area contributed by atoms with E-state index in [-0.39, 0.29) is 4.90 Å². The second kappa shape index (κ2) is 4.98. The fraction of sp³-hybridized carbons (Fsp3) is 0.312. The Morgan fingerprint density at radius 2 is 2.00 bits per heavy atom. The summed E-state index contributed by atoms with van der Waals surface area (Å²) < 4.78 is 29.6. The average Bonchev–Trinajstić information content (AvgIpc) is 2.45. The minimum Gasteiger partial charge on any atom is -0.484 e. The summed E-state index contributed by atoms with van der Waals surface area (Å²) >= 11 is 0. The van der Waals surface area contributed by atoms with Crippen LogP contribution in [0.2, 0.25) is 0 Å². The third-order valence-electron chi connectivity index (χ3n) is 3.50. The van der Waals surface area contributed by atoms with Gasteiger partial charge in [-0.05, 0) is 44.2 Å². The largest absolute Gasteiger partial charge is 0.484 e. The van der Waals surface area contributed by atoms with Crippen molar-refractivity contribution in [3.8, 4) is 5.75 Å². The van der Waals surface area contributed by atoms with E-state index >= 15 is 0 Å². The molecule has 2 aromatic rings. The lowest BCUT2D eigenvalue weighted by Gasteiger charge is -2.40. The maximum Gasteiger partial charge on any atom is 0.175 e. The molecule has 0 spiro atoms. The molecular formula is C16H18N2O3S. The Kier molecular flexibility index (Phi) is 3.36. The maximum absolute atomic E-state index is 11.8. The highest BCUT2D eigenvalue weighted by atomic mass is 32.2. The van der Waals surface area contributed by atoms with Gasteiger partial charge < -0.3 is 9.64 Å². The highest BCUT2D eigenvalue weighted by molar-refractivity contribution is 7.90. The third-order valence-corrected chi connectivity index (χ3v) is 4.61. The minimum atomic E-state index is -3.27. The lowest BCUT2D eigenvalue weighted by molar-refractivity contribution is 0.108. The van der Waals surface area contributed by atoms with Gasteiger partial charge in [-0.15, -0.1) is 0 Å². The molecule has 0 radical (unpaired) electrons. The molecule has 0 saturated carbocycles. The Bertz CT molecular complexity index is 801. The Hall–Kier alpha value is -2.08. The van der Waals surface area contributed by atoms with E-state index < -0.39 is 15.4 Å². The molecule has 0 saturated heterocycles. The molecule has 0 fully saturated rings. The highest BCUT2D eigenvalue weighted by Gasteiger charge is 2.33. The molecule has 5 nitrogen and oxygen atoms in total. The maximum atomic E-state index is 11.8. The Balaban J connectivity index is 2.17. The van der Waals surface area contributed by atoms with Crippen molar-refractivity contribution in [1.82, 2.24) is 4.98 Å². The van der Waals surface area contributed by atoms with Crippen LogP contribution >= 0.6 is 0 Å². The predicted molar refractivity (Wildman–Crippen MR) is 85.5 cm³/mol. The summed E-state index contributed by atoms with van der Waals surface area (Å²) in [6.45, 7) is 4.58. The number of ether oxygens (including phenoxy) is 1. The van der Waals surface area contributed by atoms with Crippen molar-refractivity contribution in [3.05, 3.63) is 42.6 Å². The van der Waals surface area contributed by atoms with Gasteiger partial charge in [0.2, 0.25) is 0 Å². The van der Waals surface area contributed by atoms with Gasteiger partial charge in [0.05, 0.1) is 17.1 Å². The van der Waals surface area contributed by atoms with Crippen LogP contribution in [0.15, 0.2) is 47.5 Å². The van der Waals surface area contributed by atoms with Crippen LogP contribution in [0.25, 0.3) is 0 Å². The standard InChI is InChI=1S/C16H18N2O3S/c1-16(2)11-18(15-6-4-5-9-17-15)13-10-12(22(3,19)20)7-8-14(13)21-16/h4-10H,11H2,1-3H3. The first kappa shape index (κ1) is 14.8. The topological polar surface area (TPSA) is 59.5 Å². The molecule has 1 aliphatic rings. The first-order valence-electron chi connectivity index (χ1n) is 6.98. The van der Waals surface area contributed by atoms with E-state index in [2.05, 4.69) is 4.98 Å². The fourth-order valence-corrected chi connectivity index (χ4v) is 3.18. The zero-order valence-electron chi connectivity index (χ0n) is 12.8. The summed E-state index contributed by atoms with van der Waals surface area (Å²) in [6, 6.07) is 10.6. The van der Waals surface area contributed by atoms with Gasteiger partial charge >= 0.3 is 0 Å². The lowest BCUT2D eigenvalue weighted by atomic mass is 10.1. The minimum absolute atomic E-state index is 0.274. The van der Waals surface area contributed by atoms with Gasteiger partial charge in [0, 0.05) is 12.5 Å². The molecule has 116 valence electrons. The molecule has 1 aliphatic heterocycles. The molecular weight excluding hydrogens is 300 g/mol. The molecule has 0 atom stereocenters. The molecule has 3 rings (SSSR count). The lowest BCUT2D eigenvalue weighted by Crippen LogP contribution is -2.45. The van der Waals surface area contributed by atoms with Crippen molar-refractivity contribution in [3.63, 3.8) is 0 Å². The van der Waals surface area contributed by atoms with Gasteiger partial charge in [-0.3, -0.25) is 0 Å². The third kappa shape index (κ3) is 2.78. The van der Waals surface area contributed by atoms with Crippen molar-refractivity contribution in [1.29, 1.82) is 0 Å². The number of hydrogen-bond donors (Lipinski definition) is 0. The van der Waals surface area contributed by atoms with Crippen LogP contribution in [-0.2, 0) is 9.84 Å². The summed E-state index contributed by atoms with van der Waals surface area (Å²) in [6.07, 6.45) is 2.92. The number of fused-ring (bicyclic) bond motifs is 1. The van der Waals surface area contributed by atoms with E-state index in [1.165, 1.54) is 6.26 Å². The van der Waals surface area contributed by atoms with Gasteiger partial charge in [0.25, 0.3) is 0 Å². The summed E-state index contributed by atoms with van der Waals surface area (Å²) in [7, 11) is -3.27. The van der Waals surface area contributed by atoms with Crippen molar-refractivity contribution >= 4 is 21.3 Å². The van der Waals surface area contributed by atoms with E-state index in [1.54, 1.807) is 24.4 Å². The Morgan fingerprint density at radius 3 is 2.64 bits per heavy atom. The number of aromatic nitrogens is 1. The molecule has 0 aliphatic carbocycles. The number of pyridine rings is 1. The van der Waals surface area contributed by atoms with Crippen molar-refractivity contribution < 1.29 is 13.2 Å². The van der Waals surface area contributed by atoms with Gasteiger partial charge in [0.1, 0.15) is 17.2 Å². The molecule has 1 aromatic heterocycles. The van der Waals surface area contributed by atoms with E-state index in [9.17, 15) is 8.42 Å². The molecule has 1 aromatic carbocycles. The zero-order valence-corrected chi connectivity index (χ0v) is 13.6. The molecule has 2 heterocycles. The predicted octanol–water partition coefficient (Wildman–Crippen LogP) is 2.79. The van der Waals surface area contributed by atoms with Gasteiger partial charge in [-0.25, -0.2) is 13.4 Å². The van der Waals surface area contributed by atoms with E-state index in [4.69, 9.17) is 4.74 Å². The van der Waals surface area contributed by atoms with Crippen molar-refractivity contribution in [2.75, 3.05) is 17.7 Å². The van der Waals surface area contributed by atoms with Crippen molar-refractivity contribution in [2.24, 2.45) is 0 Å². The van der Waals surface area contributed by atoms with Gasteiger partial charge in [0.15, 0.2) is 9.84 Å². The molecule has 0 amide bonds. The summed E-state index contributed by atoms with van der Waals surface area (Å²) in [5.74, 6) is 1.43. The highest BCUT2D eigenvalue weighted by Crippen LogP contribution is 2.41. The molecule has 0 unspecified atom stereocenters. The quantitative estimate of drug-likeness (QED) is 0.852. The van der Waals surface area contributed by atoms with Crippen LogP contribution in [0.1, 0.15) is 13.8 Å². The normalized spacial score (nSPS) is 16.8. The van der Waals surface area contributed by atoms with Crippen LogP contribution in [0.5, 0.6) is 5.75 Å². The van der Waals surface area contributed by atoms with E-state index in [1.807, 2.05) is 36.9 Å².